The molecule has 0 spiro atoms. The zero-order valence-electron chi connectivity index (χ0n) is 7.65. The Morgan fingerprint density at radius 1 is 1.36 bits per heavy atom. The van der Waals surface area contributed by atoms with Crippen LogP contribution < -0.4 is 0 Å². The van der Waals surface area contributed by atoms with E-state index in [0.29, 0.717) is 0 Å². The van der Waals surface area contributed by atoms with Crippen LogP contribution in [-0.2, 0) is 4.74 Å². The first-order chi connectivity index (χ1) is 5.17. The van der Waals surface area contributed by atoms with Gasteiger partial charge in [0.1, 0.15) is 0 Å². The van der Waals surface area contributed by atoms with Crippen molar-refractivity contribution < 1.29 is 4.74 Å². The maximum absolute atomic E-state index is 5.18. The first-order valence-electron chi connectivity index (χ1n) is 3.82. The molecule has 0 amide bonds. The largest absolute Gasteiger partial charge is 0.491 e. The molecule has 0 rings (SSSR count). The Kier molecular flexibility index (Phi) is 6.64. The molecule has 0 aliphatic heterocycles. The number of ether oxygens (including phenoxy) is 1. The molecule has 0 aliphatic rings. The average Bonchev–Trinajstić information content (AvgIpc) is 2.05. The van der Waals surface area contributed by atoms with Crippen LogP contribution in [0.2, 0.25) is 0 Å². The smallest absolute Gasteiger partial charge is 0.159 e. The summed E-state index contributed by atoms with van der Waals surface area (Å²) < 4.78 is 6.26. The molecule has 0 aromatic heterocycles. The van der Waals surface area contributed by atoms with E-state index < -0.39 is 0 Å². The van der Waals surface area contributed by atoms with Gasteiger partial charge >= 0.3 is 0 Å². The number of halogens is 1. The van der Waals surface area contributed by atoms with Crippen LogP contribution in [0.15, 0.2) is 9.08 Å². The molecule has 3 heteroatoms. The summed E-state index contributed by atoms with van der Waals surface area (Å²) in [6.07, 6.45) is 2.54. The van der Waals surface area contributed by atoms with Crippen molar-refractivity contribution in [2.24, 2.45) is 0 Å². The summed E-state index contributed by atoms with van der Waals surface area (Å²) in [5.41, 5.74) is 0. The number of hydrogen-bond donors (Lipinski definition) is 0. The Labute approximate surface area is 84.5 Å². The molecule has 66 valence electrons. The Balaban J connectivity index is 4.28. The minimum absolute atomic E-state index is 0.0844. The Morgan fingerprint density at radius 2 is 1.82 bits per heavy atom. The van der Waals surface area contributed by atoms with Crippen molar-refractivity contribution in [3.63, 3.8) is 0 Å². The molecule has 0 saturated carbocycles. The van der Waals surface area contributed by atoms with Crippen LogP contribution in [0.5, 0.6) is 0 Å². The Bertz CT molecular complexity index is 141. The van der Waals surface area contributed by atoms with Gasteiger partial charge < -0.3 is 4.74 Å². The lowest BCUT2D eigenvalue weighted by Gasteiger charge is -2.15. The summed E-state index contributed by atoms with van der Waals surface area (Å²) in [5, 5.41) is 1.45. The third-order valence-corrected chi connectivity index (χ3v) is 6.06. The molecule has 0 aliphatic carbocycles. The highest BCUT2D eigenvalue weighted by Crippen LogP contribution is 2.46. The highest BCUT2D eigenvalue weighted by Gasteiger charge is 2.08. The minimum atomic E-state index is 0.0844. The Morgan fingerprint density at radius 3 is 2.09 bits per heavy atom. The van der Waals surface area contributed by atoms with E-state index in [1.54, 1.807) is 7.11 Å². The van der Waals surface area contributed by atoms with Crippen LogP contribution in [0.25, 0.3) is 0 Å². The lowest BCUT2D eigenvalue weighted by molar-refractivity contribution is 0.330. The maximum Gasteiger partial charge on any atom is 0.159 e. The third kappa shape index (κ3) is 3.75. The van der Waals surface area contributed by atoms with E-state index in [9.17, 15) is 0 Å². The van der Waals surface area contributed by atoms with Gasteiger partial charge in [-0.2, -0.15) is 0 Å². The molecule has 0 aromatic carbocycles. The van der Waals surface area contributed by atoms with E-state index in [-0.39, 0.29) is 7.92 Å². The van der Waals surface area contributed by atoms with E-state index >= 15 is 0 Å². The SMILES string of the molecule is CCP(CC)/C(C)=C(/I)OC. The van der Waals surface area contributed by atoms with Crippen LogP contribution in [0, 0.1) is 0 Å². The fraction of sp³-hybridized carbons (Fsp3) is 0.750. The van der Waals surface area contributed by atoms with Crippen LogP contribution in [0.3, 0.4) is 0 Å². The van der Waals surface area contributed by atoms with Crippen molar-refractivity contribution in [2.45, 2.75) is 20.8 Å². The van der Waals surface area contributed by atoms with Crippen LogP contribution in [0.4, 0.5) is 0 Å². The molecule has 0 radical (unpaired) electrons. The van der Waals surface area contributed by atoms with E-state index in [2.05, 4.69) is 43.4 Å². The van der Waals surface area contributed by atoms with Gasteiger partial charge in [0.2, 0.25) is 0 Å². The van der Waals surface area contributed by atoms with Gasteiger partial charge in [-0.1, -0.05) is 21.8 Å². The standard InChI is InChI=1S/C8H16IOP/c1-5-11(6-2)7(3)8(9)10-4/h5-6H2,1-4H3/b8-7-. The molecule has 0 bridgehead atoms. The highest BCUT2D eigenvalue weighted by atomic mass is 127. The summed E-state index contributed by atoms with van der Waals surface area (Å²) in [7, 11) is 1.82. The van der Waals surface area contributed by atoms with Gasteiger partial charge in [-0.05, 0) is 47.2 Å². The molecule has 0 saturated heterocycles. The normalized spacial score (nSPS) is 13.3. The lowest BCUT2D eigenvalue weighted by atomic mass is 10.7. The van der Waals surface area contributed by atoms with E-state index in [1.165, 1.54) is 17.6 Å². The predicted octanol–water partition coefficient (Wildman–Crippen LogP) is 3.78. The van der Waals surface area contributed by atoms with Crippen molar-refractivity contribution >= 4 is 30.5 Å². The van der Waals surface area contributed by atoms with Crippen molar-refractivity contribution in [2.75, 3.05) is 19.4 Å². The van der Waals surface area contributed by atoms with Crippen LogP contribution in [0.1, 0.15) is 20.8 Å². The van der Waals surface area contributed by atoms with Gasteiger partial charge in [0.15, 0.2) is 3.77 Å². The van der Waals surface area contributed by atoms with E-state index in [0.717, 1.165) is 3.77 Å². The summed E-state index contributed by atoms with van der Waals surface area (Å²) in [6, 6.07) is 0. The molecule has 1 nitrogen and oxygen atoms in total. The second-order valence-corrected chi connectivity index (χ2v) is 6.23. The molecule has 0 heterocycles. The summed E-state index contributed by atoms with van der Waals surface area (Å²) in [6.45, 7) is 6.68. The summed E-state index contributed by atoms with van der Waals surface area (Å²) >= 11 is 2.27. The van der Waals surface area contributed by atoms with E-state index in [4.69, 9.17) is 4.74 Å². The fourth-order valence-corrected chi connectivity index (χ4v) is 3.73. The number of hydrogen-bond acceptors (Lipinski definition) is 1. The van der Waals surface area contributed by atoms with Gasteiger partial charge in [0, 0.05) is 0 Å². The summed E-state index contributed by atoms with van der Waals surface area (Å²) in [5.74, 6) is 0. The molecule has 0 fully saturated rings. The number of methoxy groups -OCH3 is 1. The quantitative estimate of drug-likeness (QED) is 0.434. The van der Waals surface area contributed by atoms with Gasteiger partial charge in [-0.25, -0.2) is 0 Å². The predicted molar refractivity (Wildman–Crippen MR) is 61.7 cm³/mol. The van der Waals surface area contributed by atoms with Crippen molar-refractivity contribution in [1.82, 2.24) is 0 Å². The lowest BCUT2D eigenvalue weighted by Crippen LogP contribution is -1.88. The second-order valence-electron chi connectivity index (χ2n) is 2.24. The monoisotopic (exact) mass is 286 g/mol. The van der Waals surface area contributed by atoms with Crippen LogP contribution in [-0.4, -0.2) is 19.4 Å². The van der Waals surface area contributed by atoms with Gasteiger partial charge in [0.05, 0.1) is 7.11 Å². The summed E-state index contributed by atoms with van der Waals surface area (Å²) in [4.78, 5) is 0. The molecule has 0 atom stereocenters. The van der Waals surface area contributed by atoms with Crippen LogP contribution >= 0.6 is 30.5 Å². The third-order valence-electron chi connectivity index (χ3n) is 1.70. The molecule has 0 unspecified atom stereocenters. The molecule has 0 N–H and O–H groups in total. The zero-order chi connectivity index (χ0) is 8.85. The number of rotatable bonds is 4. The average molecular weight is 286 g/mol. The van der Waals surface area contributed by atoms with Gasteiger partial charge in [-0.3, -0.25) is 0 Å². The maximum atomic E-state index is 5.18. The molecule has 0 aromatic rings. The first kappa shape index (κ1) is 11.7. The first-order valence-corrected chi connectivity index (χ1v) is 6.61. The van der Waals surface area contributed by atoms with E-state index in [1.807, 2.05) is 0 Å². The van der Waals surface area contributed by atoms with Gasteiger partial charge in [0.25, 0.3) is 0 Å². The highest BCUT2D eigenvalue weighted by molar-refractivity contribution is 14.1. The van der Waals surface area contributed by atoms with Gasteiger partial charge in [-0.15, -0.1) is 0 Å². The van der Waals surface area contributed by atoms with Crippen molar-refractivity contribution in [3.05, 3.63) is 9.08 Å². The number of allylic oxidation sites excluding steroid dienone is 1. The fourth-order valence-electron chi connectivity index (χ4n) is 0.970. The molecular formula is C8H16IOP. The molecular weight excluding hydrogens is 270 g/mol. The van der Waals surface area contributed by atoms with Crippen molar-refractivity contribution in [3.8, 4) is 0 Å². The zero-order valence-corrected chi connectivity index (χ0v) is 10.7. The Hall–Kier alpha value is 0.700. The second kappa shape index (κ2) is 6.24. The van der Waals surface area contributed by atoms with Crippen molar-refractivity contribution in [1.29, 1.82) is 0 Å². The topological polar surface area (TPSA) is 9.23 Å². The minimum Gasteiger partial charge on any atom is -0.491 e. The molecule has 11 heavy (non-hydrogen) atoms.